The van der Waals surface area contributed by atoms with Gasteiger partial charge in [0.1, 0.15) is 0 Å². The summed E-state index contributed by atoms with van der Waals surface area (Å²) in [5.41, 5.74) is 6.35. The molecule has 31 heavy (non-hydrogen) atoms. The van der Waals surface area contributed by atoms with Crippen LogP contribution in [0.5, 0.6) is 0 Å². The van der Waals surface area contributed by atoms with Crippen LogP contribution in [0.25, 0.3) is 10.9 Å². The number of aryl methyl sites for hydroxylation is 2. The first-order valence-corrected chi connectivity index (χ1v) is 10.4. The summed E-state index contributed by atoms with van der Waals surface area (Å²) in [7, 11) is 0. The van der Waals surface area contributed by atoms with E-state index in [1.54, 1.807) is 6.92 Å². The Morgan fingerprint density at radius 3 is 2.13 bits per heavy atom. The number of amidine groups is 1. The number of carbonyl (C=O) groups is 1. The maximum atomic E-state index is 12.7. The predicted molar refractivity (Wildman–Crippen MR) is 126 cm³/mol. The molecule has 1 aliphatic heterocycles. The van der Waals surface area contributed by atoms with Gasteiger partial charge in [-0.2, -0.15) is 0 Å². The summed E-state index contributed by atoms with van der Waals surface area (Å²) in [6, 6.07) is 24.7. The summed E-state index contributed by atoms with van der Waals surface area (Å²) in [6.45, 7) is 5.70. The fourth-order valence-electron chi connectivity index (χ4n) is 4.11. The fourth-order valence-corrected chi connectivity index (χ4v) is 4.11. The number of H-pyrrole nitrogens is 1. The van der Waals surface area contributed by atoms with E-state index in [9.17, 15) is 4.79 Å². The topological polar surface area (TPSA) is 51.7 Å². The highest BCUT2D eigenvalue weighted by Gasteiger charge is 2.40. The van der Waals surface area contributed by atoms with Crippen LogP contribution in [0.15, 0.2) is 84.1 Å². The number of aromatic amines is 1. The number of fused-ring (bicyclic) bond motifs is 1. The molecule has 0 aliphatic carbocycles. The Kier molecular flexibility index (Phi) is 4.59. The van der Waals surface area contributed by atoms with E-state index in [0.29, 0.717) is 5.84 Å². The van der Waals surface area contributed by atoms with Gasteiger partial charge in [0.05, 0.1) is 5.69 Å². The summed E-state index contributed by atoms with van der Waals surface area (Å²) in [5, 5.41) is 7.89. The summed E-state index contributed by atoms with van der Waals surface area (Å²) >= 11 is 0. The standard InChI is InChI=1S/C26H24N4O/c1-17-8-12-20(13-9-17)29-25(19(3)31)28-30(21-14-10-18(2)11-15-21)26(29)23-16-27-24-7-5-4-6-22(23)24/h4-16,26-27H,1-3H3/t26-/m1/s1. The highest BCUT2D eigenvalue weighted by molar-refractivity contribution is 6.44. The van der Waals surface area contributed by atoms with Gasteiger partial charge in [-0.3, -0.25) is 9.69 Å². The molecule has 0 unspecified atom stereocenters. The van der Waals surface area contributed by atoms with Crippen molar-refractivity contribution >= 4 is 33.9 Å². The highest BCUT2D eigenvalue weighted by Crippen LogP contribution is 2.41. The van der Waals surface area contributed by atoms with E-state index in [4.69, 9.17) is 5.10 Å². The Morgan fingerprint density at radius 2 is 1.48 bits per heavy atom. The maximum Gasteiger partial charge on any atom is 0.198 e. The van der Waals surface area contributed by atoms with Gasteiger partial charge in [-0.15, -0.1) is 5.10 Å². The maximum absolute atomic E-state index is 12.7. The molecular formula is C26H24N4O. The lowest BCUT2D eigenvalue weighted by molar-refractivity contribution is -0.111. The van der Waals surface area contributed by atoms with Crippen LogP contribution < -0.4 is 9.91 Å². The first-order valence-electron chi connectivity index (χ1n) is 10.4. The Labute approximate surface area is 181 Å². The van der Waals surface area contributed by atoms with E-state index in [0.717, 1.165) is 27.8 Å². The van der Waals surface area contributed by atoms with Crippen LogP contribution in [0.4, 0.5) is 11.4 Å². The van der Waals surface area contributed by atoms with E-state index < -0.39 is 0 Å². The molecule has 154 valence electrons. The van der Waals surface area contributed by atoms with Crippen molar-refractivity contribution in [1.82, 2.24) is 4.98 Å². The number of carbonyl (C=O) groups excluding carboxylic acids is 1. The average Bonchev–Trinajstić information content (AvgIpc) is 3.36. The van der Waals surface area contributed by atoms with Crippen molar-refractivity contribution in [1.29, 1.82) is 0 Å². The molecule has 2 heterocycles. The minimum atomic E-state index is -0.291. The molecule has 5 nitrogen and oxygen atoms in total. The molecule has 1 aliphatic rings. The van der Waals surface area contributed by atoms with Crippen LogP contribution in [0, 0.1) is 13.8 Å². The number of anilines is 2. The zero-order chi connectivity index (χ0) is 21.5. The summed E-state index contributed by atoms with van der Waals surface area (Å²) in [4.78, 5) is 18.1. The molecule has 3 aromatic carbocycles. The molecular weight excluding hydrogens is 384 g/mol. The van der Waals surface area contributed by atoms with Gasteiger partial charge in [0.2, 0.25) is 0 Å². The number of aromatic nitrogens is 1. The van der Waals surface area contributed by atoms with Crippen LogP contribution in [0.3, 0.4) is 0 Å². The van der Waals surface area contributed by atoms with Crippen molar-refractivity contribution in [3.63, 3.8) is 0 Å². The van der Waals surface area contributed by atoms with Crippen LogP contribution >= 0.6 is 0 Å². The van der Waals surface area contributed by atoms with Crippen LogP contribution in [0.1, 0.15) is 29.8 Å². The summed E-state index contributed by atoms with van der Waals surface area (Å²) in [6.07, 6.45) is 1.73. The third-order valence-corrected chi connectivity index (χ3v) is 5.73. The predicted octanol–water partition coefficient (Wildman–Crippen LogP) is 5.71. The van der Waals surface area contributed by atoms with Gasteiger partial charge in [0.15, 0.2) is 17.8 Å². The van der Waals surface area contributed by atoms with Crippen LogP contribution in [-0.4, -0.2) is 16.6 Å². The molecule has 0 bridgehead atoms. The van der Waals surface area contributed by atoms with Gasteiger partial charge in [0.25, 0.3) is 0 Å². The Hall–Kier alpha value is -3.86. The number of para-hydroxylation sites is 1. The monoisotopic (exact) mass is 408 g/mol. The molecule has 0 spiro atoms. The zero-order valence-electron chi connectivity index (χ0n) is 17.8. The first-order chi connectivity index (χ1) is 15.0. The summed E-state index contributed by atoms with van der Waals surface area (Å²) in [5.74, 6) is 0.361. The minimum absolute atomic E-state index is 0.0694. The third kappa shape index (κ3) is 3.28. The fraction of sp³-hybridized carbons (Fsp3) is 0.154. The lowest BCUT2D eigenvalue weighted by atomic mass is 10.1. The van der Waals surface area contributed by atoms with Crippen LogP contribution in [-0.2, 0) is 4.79 Å². The van der Waals surface area contributed by atoms with Gasteiger partial charge in [0, 0.05) is 35.3 Å². The number of Topliss-reactive ketones (excluding diaryl/α,β-unsaturated/α-hetero) is 1. The molecule has 0 amide bonds. The lowest BCUT2D eigenvalue weighted by Crippen LogP contribution is -2.37. The Morgan fingerprint density at radius 1 is 0.871 bits per heavy atom. The number of rotatable bonds is 4. The van der Waals surface area contributed by atoms with E-state index in [1.165, 1.54) is 11.1 Å². The van der Waals surface area contributed by atoms with Gasteiger partial charge in [-0.25, -0.2) is 5.01 Å². The number of nitrogens with zero attached hydrogens (tertiary/aromatic N) is 3. The number of hydrogen-bond donors (Lipinski definition) is 1. The summed E-state index contributed by atoms with van der Waals surface area (Å²) < 4.78 is 0. The minimum Gasteiger partial charge on any atom is -0.361 e. The van der Waals surface area contributed by atoms with Crippen molar-refractivity contribution in [2.75, 3.05) is 9.91 Å². The quantitative estimate of drug-likeness (QED) is 0.470. The lowest BCUT2D eigenvalue weighted by Gasteiger charge is -2.31. The second kappa shape index (κ2) is 7.43. The second-order valence-corrected chi connectivity index (χ2v) is 8.03. The van der Waals surface area contributed by atoms with E-state index in [-0.39, 0.29) is 11.9 Å². The van der Waals surface area contributed by atoms with Crippen molar-refractivity contribution in [3.05, 3.63) is 95.7 Å². The third-order valence-electron chi connectivity index (χ3n) is 5.73. The van der Waals surface area contributed by atoms with Gasteiger partial charge in [-0.1, -0.05) is 53.6 Å². The molecule has 0 fully saturated rings. The van der Waals surface area contributed by atoms with E-state index >= 15 is 0 Å². The van der Waals surface area contributed by atoms with Crippen LogP contribution in [0.2, 0.25) is 0 Å². The molecule has 1 N–H and O–H groups in total. The molecule has 0 saturated carbocycles. The number of hydrogen-bond acceptors (Lipinski definition) is 4. The molecule has 1 atom stereocenters. The number of ketones is 1. The Balaban J connectivity index is 1.73. The Bertz CT molecular complexity index is 1290. The van der Waals surface area contributed by atoms with Crippen molar-refractivity contribution in [2.45, 2.75) is 26.9 Å². The molecule has 1 aromatic heterocycles. The molecule has 5 heteroatoms. The normalized spacial score (nSPS) is 16.1. The van der Waals surface area contributed by atoms with Crippen molar-refractivity contribution < 1.29 is 4.79 Å². The number of hydrazone groups is 1. The molecule has 0 saturated heterocycles. The van der Waals surface area contributed by atoms with Gasteiger partial charge in [-0.05, 0) is 44.2 Å². The molecule has 5 rings (SSSR count). The van der Waals surface area contributed by atoms with Gasteiger partial charge < -0.3 is 4.98 Å². The molecule has 0 radical (unpaired) electrons. The SMILES string of the molecule is CC(=O)C1=NN(c2ccc(C)cc2)[C@H](c2c[nH]c3ccccc23)N1c1ccc(C)cc1. The van der Waals surface area contributed by atoms with Gasteiger partial charge >= 0.3 is 0 Å². The molecule has 4 aromatic rings. The van der Waals surface area contributed by atoms with E-state index in [1.807, 2.05) is 40.4 Å². The van der Waals surface area contributed by atoms with Crippen molar-refractivity contribution in [3.8, 4) is 0 Å². The average molecular weight is 409 g/mol. The smallest absolute Gasteiger partial charge is 0.198 e. The van der Waals surface area contributed by atoms with E-state index in [2.05, 4.69) is 67.4 Å². The number of nitrogens with one attached hydrogen (secondary N) is 1. The zero-order valence-corrected chi connectivity index (χ0v) is 17.8. The van der Waals surface area contributed by atoms with Crippen molar-refractivity contribution in [2.24, 2.45) is 5.10 Å². The second-order valence-electron chi connectivity index (χ2n) is 8.03. The first kappa shape index (κ1) is 19.1. The number of benzene rings is 3. The largest absolute Gasteiger partial charge is 0.361 e. The highest BCUT2D eigenvalue weighted by atomic mass is 16.1.